The standard InChI is InChI=1S/C14H27N3O2/c1-4-7-12-14(19)17(11-8-13(18)15-12)10-6-5-9-16(2)3/h12H,4-11H2,1-3H3,(H,15,18). The molecule has 1 saturated heterocycles. The molecule has 0 aromatic carbocycles. The number of unbranched alkanes of at least 4 members (excludes halogenated alkanes) is 1. The molecule has 2 amide bonds. The molecule has 1 aliphatic heterocycles. The van der Waals surface area contributed by atoms with Crippen LogP contribution in [0, 0.1) is 0 Å². The Balaban J connectivity index is 2.46. The number of carbonyl (C=O) groups is 2. The van der Waals surface area contributed by atoms with E-state index in [9.17, 15) is 9.59 Å². The van der Waals surface area contributed by atoms with Gasteiger partial charge in [0.15, 0.2) is 0 Å². The SMILES string of the molecule is CCCC1NC(=O)CCN(CCCCN(C)C)C1=O. The van der Waals surface area contributed by atoms with E-state index in [1.165, 1.54) is 0 Å². The molecular weight excluding hydrogens is 242 g/mol. The average Bonchev–Trinajstić information content (AvgIpc) is 2.47. The summed E-state index contributed by atoms with van der Waals surface area (Å²) in [4.78, 5) is 27.9. The van der Waals surface area contributed by atoms with Crippen molar-refractivity contribution in [2.45, 2.75) is 45.1 Å². The predicted molar refractivity (Wildman–Crippen MR) is 75.8 cm³/mol. The third kappa shape index (κ3) is 5.59. The van der Waals surface area contributed by atoms with Crippen molar-refractivity contribution in [3.05, 3.63) is 0 Å². The maximum absolute atomic E-state index is 12.3. The van der Waals surface area contributed by atoms with E-state index >= 15 is 0 Å². The lowest BCUT2D eigenvalue weighted by Crippen LogP contribution is -2.44. The van der Waals surface area contributed by atoms with E-state index in [4.69, 9.17) is 0 Å². The summed E-state index contributed by atoms with van der Waals surface area (Å²) in [6.45, 7) is 4.40. The van der Waals surface area contributed by atoms with E-state index in [0.29, 0.717) is 13.0 Å². The third-order valence-electron chi connectivity index (χ3n) is 3.41. The number of nitrogens with zero attached hydrogens (tertiary/aromatic N) is 2. The largest absolute Gasteiger partial charge is 0.344 e. The van der Waals surface area contributed by atoms with Crippen molar-refractivity contribution in [1.29, 1.82) is 0 Å². The van der Waals surface area contributed by atoms with Gasteiger partial charge in [0.05, 0.1) is 0 Å². The summed E-state index contributed by atoms with van der Waals surface area (Å²) in [5, 5.41) is 2.83. The minimum atomic E-state index is -0.311. The van der Waals surface area contributed by atoms with Crippen LogP contribution in [0.5, 0.6) is 0 Å². The Labute approximate surface area is 116 Å². The van der Waals surface area contributed by atoms with Gasteiger partial charge in [-0.15, -0.1) is 0 Å². The van der Waals surface area contributed by atoms with E-state index < -0.39 is 0 Å². The molecule has 5 heteroatoms. The molecule has 0 aromatic rings. The maximum Gasteiger partial charge on any atom is 0.245 e. The van der Waals surface area contributed by atoms with Crippen LogP contribution >= 0.6 is 0 Å². The molecular formula is C14H27N3O2. The van der Waals surface area contributed by atoms with Gasteiger partial charge in [-0.2, -0.15) is 0 Å². The van der Waals surface area contributed by atoms with Crippen molar-refractivity contribution in [2.24, 2.45) is 0 Å². The Morgan fingerprint density at radius 1 is 1.32 bits per heavy atom. The quantitative estimate of drug-likeness (QED) is 0.697. The van der Waals surface area contributed by atoms with Crippen molar-refractivity contribution in [3.8, 4) is 0 Å². The third-order valence-corrected chi connectivity index (χ3v) is 3.41. The van der Waals surface area contributed by atoms with Crippen LogP contribution in [-0.4, -0.2) is 61.4 Å². The minimum absolute atomic E-state index is 0.00240. The Kier molecular flexibility index (Phi) is 6.84. The summed E-state index contributed by atoms with van der Waals surface area (Å²) in [5.74, 6) is 0.0974. The number of rotatable bonds is 7. The van der Waals surface area contributed by atoms with Crippen molar-refractivity contribution >= 4 is 11.8 Å². The first-order chi connectivity index (χ1) is 9.04. The van der Waals surface area contributed by atoms with Gasteiger partial charge in [0.2, 0.25) is 11.8 Å². The first-order valence-electron chi connectivity index (χ1n) is 7.27. The summed E-state index contributed by atoms with van der Waals surface area (Å²) in [6, 6.07) is -0.311. The molecule has 1 rings (SSSR count). The van der Waals surface area contributed by atoms with Gasteiger partial charge in [-0.25, -0.2) is 0 Å². The van der Waals surface area contributed by atoms with Crippen molar-refractivity contribution in [3.63, 3.8) is 0 Å². The van der Waals surface area contributed by atoms with Gasteiger partial charge in [0.25, 0.3) is 0 Å². The van der Waals surface area contributed by atoms with Crippen LogP contribution in [0.4, 0.5) is 0 Å². The Bertz CT molecular complexity index is 305. The lowest BCUT2D eigenvalue weighted by atomic mass is 10.1. The Morgan fingerprint density at radius 2 is 2.05 bits per heavy atom. The van der Waals surface area contributed by atoms with E-state index in [-0.39, 0.29) is 17.9 Å². The molecule has 1 fully saturated rings. The van der Waals surface area contributed by atoms with E-state index in [0.717, 1.165) is 38.8 Å². The molecule has 0 aromatic heterocycles. The summed E-state index contributed by atoms with van der Waals surface area (Å²) < 4.78 is 0. The van der Waals surface area contributed by atoms with Crippen LogP contribution in [0.1, 0.15) is 39.0 Å². The molecule has 5 nitrogen and oxygen atoms in total. The zero-order valence-corrected chi connectivity index (χ0v) is 12.4. The van der Waals surface area contributed by atoms with Gasteiger partial charge < -0.3 is 15.1 Å². The molecule has 0 bridgehead atoms. The van der Waals surface area contributed by atoms with Gasteiger partial charge >= 0.3 is 0 Å². The fourth-order valence-corrected chi connectivity index (χ4v) is 2.33. The molecule has 1 aliphatic rings. The number of amides is 2. The van der Waals surface area contributed by atoms with Crippen molar-refractivity contribution in [1.82, 2.24) is 15.1 Å². The van der Waals surface area contributed by atoms with E-state index in [1.807, 2.05) is 11.8 Å². The molecule has 0 aliphatic carbocycles. The van der Waals surface area contributed by atoms with Crippen molar-refractivity contribution in [2.75, 3.05) is 33.7 Å². The topological polar surface area (TPSA) is 52.7 Å². The summed E-state index contributed by atoms with van der Waals surface area (Å²) in [7, 11) is 4.11. The lowest BCUT2D eigenvalue weighted by Gasteiger charge is -2.24. The monoisotopic (exact) mass is 269 g/mol. The fraction of sp³-hybridized carbons (Fsp3) is 0.857. The van der Waals surface area contributed by atoms with Gasteiger partial charge in [-0.05, 0) is 39.9 Å². The molecule has 19 heavy (non-hydrogen) atoms. The van der Waals surface area contributed by atoms with Crippen LogP contribution in [0.15, 0.2) is 0 Å². The summed E-state index contributed by atoms with van der Waals surface area (Å²) >= 11 is 0. The first kappa shape index (κ1) is 16.0. The molecule has 1 unspecified atom stereocenters. The second-order valence-corrected chi connectivity index (χ2v) is 5.49. The van der Waals surface area contributed by atoms with E-state index in [2.05, 4.69) is 24.3 Å². The van der Waals surface area contributed by atoms with Crippen LogP contribution < -0.4 is 5.32 Å². The predicted octanol–water partition coefficient (Wildman–Crippen LogP) is 0.845. The number of hydrogen-bond acceptors (Lipinski definition) is 3. The number of hydrogen-bond donors (Lipinski definition) is 1. The van der Waals surface area contributed by atoms with Gasteiger partial charge in [-0.1, -0.05) is 13.3 Å². The number of carbonyl (C=O) groups excluding carboxylic acids is 2. The molecule has 0 saturated carbocycles. The highest BCUT2D eigenvalue weighted by molar-refractivity contribution is 5.89. The van der Waals surface area contributed by atoms with Gasteiger partial charge in [-0.3, -0.25) is 9.59 Å². The highest BCUT2D eigenvalue weighted by atomic mass is 16.2. The molecule has 110 valence electrons. The number of nitrogens with one attached hydrogen (secondary N) is 1. The average molecular weight is 269 g/mol. The summed E-state index contributed by atoms with van der Waals surface area (Å²) in [6.07, 6.45) is 4.15. The van der Waals surface area contributed by atoms with Crippen LogP contribution in [0.3, 0.4) is 0 Å². The molecule has 0 radical (unpaired) electrons. The van der Waals surface area contributed by atoms with Crippen LogP contribution in [0.25, 0.3) is 0 Å². The molecule has 1 atom stereocenters. The second-order valence-electron chi connectivity index (χ2n) is 5.49. The molecule has 0 spiro atoms. The van der Waals surface area contributed by atoms with Crippen LogP contribution in [0.2, 0.25) is 0 Å². The zero-order valence-electron chi connectivity index (χ0n) is 12.4. The normalized spacial score (nSPS) is 20.6. The molecule has 1 N–H and O–H groups in total. The Hall–Kier alpha value is -1.10. The highest BCUT2D eigenvalue weighted by Gasteiger charge is 2.28. The minimum Gasteiger partial charge on any atom is -0.344 e. The van der Waals surface area contributed by atoms with Gasteiger partial charge in [0.1, 0.15) is 6.04 Å². The smallest absolute Gasteiger partial charge is 0.245 e. The molecule has 1 heterocycles. The maximum atomic E-state index is 12.3. The van der Waals surface area contributed by atoms with E-state index in [1.54, 1.807) is 0 Å². The first-order valence-corrected chi connectivity index (χ1v) is 7.27. The lowest BCUT2D eigenvalue weighted by molar-refractivity contribution is -0.133. The van der Waals surface area contributed by atoms with Crippen molar-refractivity contribution < 1.29 is 9.59 Å². The second kappa shape index (κ2) is 8.15. The highest BCUT2D eigenvalue weighted by Crippen LogP contribution is 2.09. The zero-order chi connectivity index (χ0) is 14.3. The summed E-state index contributed by atoms with van der Waals surface area (Å²) in [5.41, 5.74) is 0. The van der Waals surface area contributed by atoms with Gasteiger partial charge in [0, 0.05) is 19.5 Å². The van der Waals surface area contributed by atoms with Crippen LogP contribution in [-0.2, 0) is 9.59 Å². The Morgan fingerprint density at radius 3 is 2.68 bits per heavy atom. The fourth-order valence-electron chi connectivity index (χ4n) is 2.33.